The molecular weight excluding hydrogens is 182 g/mol. The quantitative estimate of drug-likeness (QED) is 0.668. The largest absolute Gasteiger partial charge is 0.363 e. The van der Waals surface area contributed by atoms with Crippen LogP contribution in [0, 0.1) is 0 Å². The Kier molecular flexibility index (Phi) is 4.71. The van der Waals surface area contributed by atoms with Gasteiger partial charge in [0.05, 0.1) is 6.54 Å². The van der Waals surface area contributed by atoms with Crippen molar-refractivity contribution >= 4 is 11.7 Å². The Balaban J connectivity index is 2.11. The minimum Gasteiger partial charge on any atom is -0.363 e. The number of unbranched alkanes of at least 4 members (excludes halogenated alkanes) is 1. The van der Waals surface area contributed by atoms with Crippen LogP contribution in [-0.4, -0.2) is 24.2 Å². The van der Waals surface area contributed by atoms with Gasteiger partial charge in [-0.3, -0.25) is 4.79 Å². The summed E-state index contributed by atoms with van der Waals surface area (Å²) in [5.74, 6) is 0.349. The number of nitrogens with one attached hydrogen (secondary N) is 2. The molecule has 2 N–H and O–H groups in total. The highest BCUT2D eigenvalue weighted by Crippen LogP contribution is 1.99. The maximum Gasteiger partial charge on any atom is 0.239 e. The lowest BCUT2D eigenvalue weighted by Gasteiger charge is -2.02. The fraction of sp³-hybridized carbons (Fsp3) is 0.556. The van der Waals surface area contributed by atoms with E-state index in [4.69, 9.17) is 0 Å². The van der Waals surface area contributed by atoms with Crippen LogP contribution in [0.2, 0.25) is 0 Å². The second-order valence-corrected chi connectivity index (χ2v) is 2.96. The Bertz CT molecular complexity index is 259. The van der Waals surface area contributed by atoms with Crippen LogP contribution in [0.3, 0.4) is 0 Å². The van der Waals surface area contributed by atoms with E-state index in [9.17, 15) is 4.79 Å². The predicted octanol–water partition coefficient (Wildman–Crippen LogP) is 1.00. The first-order valence-electron chi connectivity index (χ1n) is 4.74. The molecule has 0 aromatic carbocycles. The zero-order valence-electron chi connectivity index (χ0n) is 8.25. The van der Waals surface area contributed by atoms with Crippen molar-refractivity contribution in [2.24, 2.45) is 0 Å². The fourth-order valence-corrected chi connectivity index (χ4v) is 0.968. The van der Waals surface area contributed by atoms with E-state index in [0.717, 1.165) is 19.4 Å². The van der Waals surface area contributed by atoms with Crippen LogP contribution in [0.4, 0.5) is 5.82 Å². The van der Waals surface area contributed by atoms with Gasteiger partial charge in [-0.1, -0.05) is 18.5 Å². The van der Waals surface area contributed by atoms with E-state index in [1.165, 1.54) is 6.26 Å². The Morgan fingerprint density at radius 1 is 1.64 bits per heavy atom. The van der Waals surface area contributed by atoms with Crippen LogP contribution in [0.5, 0.6) is 0 Å². The van der Waals surface area contributed by atoms with Crippen molar-refractivity contribution in [2.45, 2.75) is 19.8 Å². The molecule has 0 atom stereocenters. The summed E-state index contributed by atoms with van der Waals surface area (Å²) < 4.78 is 4.57. The van der Waals surface area contributed by atoms with Gasteiger partial charge in [0, 0.05) is 6.07 Å². The molecule has 0 aliphatic rings. The van der Waals surface area contributed by atoms with E-state index in [1.54, 1.807) is 6.07 Å². The van der Waals surface area contributed by atoms with Gasteiger partial charge in [0.2, 0.25) is 5.91 Å². The number of hydrogen-bond donors (Lipinski definition) is 2. The molecule has 0 unspecified atom stereocenters. The number of rotatable bonds is 6. The van der Waals surface area contributed by atoms with Crippen molar-refractivity contribution in [3.63, 3.8) is 0 Å². The average Bonchev–Trinajstić information content (AvgIpc) is 2.65. The molecule has 1 aromatic rings. The van der Waals surface area contributed by atoms with E-state index in [1.807, 2.05) is 0 Å². The molecule has 1 amide bonds. The van der Waals surface area contributed by atoms with Crippen molar-refractivity contribution in [3.05, 3.63) is 12.3 Å². The molecule has 0 fully saturated rings. The third-order valence-electron chi connectivity index (χ3n) is 1.70. The number of carbonyl (C=O) groups is 1. The third-order valence-corrected chi connectivity index (χ3v) is 1.70. The standard InChI is InChI=1S/C9H15N3O2/c1-2-3-5-10-7-9(13)11-8-4-6-14-12-8/h4,6,10H,2-3,5,7H2,1H3,(H,11,12,13). The van der Waals surface area contributed by atoms with E-state index in [-0.39, 0.29) is 5.91 Å². The van der Waals surface area contributed by atoms with Crippen LogP contribution in [0.15, 0.2) is 16.9 Å². The summed E-state index contributed by atoms with van der Waals surface area (Å²) in [5.41, 5.74) is 0. The SMILES string of the molecule is CCCCNCC(=O)Nc1ccon1. The summed E-state index contributed by atoms with van der Waals surface area (Å²) in [6.45, 7) is 3.28. The summed E-state index contributed by atoms with van der Waals surface area (Å²) >= 11 is 0. The smallest absolute Gasteiger partial charge is 0.239 e. The molecule has 0 spiro atoms. The maximum absolute atomic E-state index is 11.2. The highest BCUT2D eigenvalue weighted by atomic mass is 16.5. The summed E-state index contributed by atoms with van der Waals surface area (Å²) in [6, 6.07) is 1.60. The van der Waals surface area contributed by atoms with E-state index in [2.05, 4.69) is 27.2 Å². The minimum absolute atomic E-state index is 0.102. The number of carbonyl (C=O) groups excluding carboxylic acids is 1. The molecular formula is C9H15N3O2. The number of amides is 1. The number of nitrogens with zero attached hydrogens (tertiary/aromatic N) is 1. The third kappa shape index (κ3) is 4.04. The second-order valence-electron chi connectivity index (χ2n) is 2.96. The summed E-state index contributed by atoms with van der Waals surface area (Å²) in [7, 11) is 0. The minimum atomic E-state index is -0.102. The second kappa shape index (κ2) is 6.15. The molecule has 1 aromatic heterocycles. The summed E-state index contributed by atoms with van der Waals surface area (Å²) in [5, 5.41) is 9.19. The van der Waals surface area contributed by atoms with Crippen molar-refractivity contribution in [2.75, 3.05) is 18.4 Å². The van der Waals surface area contributed by atoms with Crippen LogP contribution in [-0.2, 0) is 4.79 Å². The molecule has 0 saturated heterocycles. The van der Waals surface area contributed by atoms with E-state index >= 15 is 0 Å². The van der Waals surface area contributed by atoms with Crippen molar-refractivity contribution in [1.82, 2.24) is 10.5 Å². The molecule has 0 aliphatic carbocycles. The first-order chi connectivity index (χ1) is 6.83. The topological polar surface area (TPSA) is 67.2 Å². The lowest BCUT2D eigenvalue weighted by Crippen LogP contribution is -2.28. The monoisotopic (exact) mass is 197 g/mol. The molecule has 5 heteroatoms. The molecule has 0 radical (unpaired) electrons. The molecule has 5 nitrogen and oxygen atoms in total. The molecule has 0 bridgehead atoms. The highest BCUT2D eigenvalue weighted by Gasteiger charge is 2.02. The Labute approximate surface area is 82.8 Å². The summed E-state index contributed by atoms with van der Waals surface area (Å²) in [4.78, 5) is 11.2. The Morgan fingerprint density at radius 2 is 2.50 bits per heavy atom. The Morgan fingerprint density at radius 3 is 3.14 bits per heavy atom. The predicted molar refractivity (Wildman–Crippen MR) is 52.9 cm³/mol. The number of aromatic nitrogens is 1. The van der Waals surface area contributed by atoms with E-state index in [0.29, 0.717) is 12.4 Å². The van der Waals surface area contributed by atoms with Crippen molar-refractivity contribution in [1.29, 1.82) is 0 Å². The number of hydrogen-bond acceptors (Lipinski definition) is 4. The van der Waals surface area contributed by atoms with Crippen LogP contribution in [0.1, 0.15) is 19.8 Å². The molecule has 0 saturated carbocycles. The average molecular weight is 197 g/mol. The summed E-state index contributed by atoms with van der Waals surface area (Å²) in [6.07, 6.45) is 3.62. The van der Waals surface area contributed by atoms with Gasteiger partial charge in [-0.2, -0.15) is 0 Å². The van der Waals surface area contributed by atoms with Gasteiger partial charge >= 0.3 is 0 Å². The number of anilines is 1. The molecule has 78 valence electrons. The van der Waals surface area contributed by atoms with Gasteiger partial charge in [-0.25, -0.2) is 0 Å². The van der Waals surface area contributed by atoms with E-state index < -0.39 is 0 Å². The highest BCUT2D eigenvalue weighted by molar-refractivity contribution is 5.91. The lowest BCUT2D eigenvalue weighted by molar-refractivity contribution is -0.115. The van der Waals surface area contributed by atoms with Crippen molar-refractivity contribution in [3.8, 4) is 0 Å². The molecule has 14 heavy (non-hydrogen) atoms. The zero-order chi connectivity index (χ0) is 10.2. The fourth-order valence-electron chi connectivity index (χ4n) is 0.968. The van der Waals surface area contributed by atoms with Crippen LogP contribution >= 0.6 is 0 Å². The zero-order valence-corrected chi connectivity index (χ0v) is 8.25. The Hall–Kier alpha value is -1.36. The van der Waals surface area contributed by atoms with Crippen molar-refractivity contribution < 1.29 is 9.32 Å². The van der Waals surface area contributed by atoms with Gasteiger partial charge in [-0.15, -0.1) is 0 Å². The lowest BCUT2D eigenvalue weighted by atomic mass is 10.3. The first-order valence-corrected chi connectivity index (χ1v) is 4.74. The van der Waals surface area contributed by atoms with Gasteiger partial charge in [0.15, 0.2) is 5.82 Å². The van der Waals surface area contributed by atoms with Gasteiger partial charge in [0.1, 0.15) is 6.26 Å². The van der Waals surface area contributed by atoms with Gasteiger partial charge in [-0.05, 0) is 13.0 Å². The van der Waals surface area contributed by atoms with Crippen LogP contribution < -0.4 is 10.6 Å². The molecule has 0 aliphatic heterocycles. The van der Waals surface area contributed by atoms with Gasteiger partial charge < -0.3 is 15.2 Å². The first kappa shape index (κ1) is 10.7. The molecule has 1 rings (SSSR count). The maximum atomic E-state index is 11.2. The van der Waals surface area contributed by atoms with Crippen LogP contribution in [0.25, 0.3) is 0 Å². The normalized spacial score (nSPS) is 10.1. The molecule has 1 heterocycles. The van der Waals surface area contributed by atoms with Gasteiger partial charge in [0.25, 0.3) is 0 Å².